The summed E-state index contributed by atoms with van der Waals surface area (Å²) in [5.41, 5.74) is 15.4. The Balaban J connectivity index is 0.00000221. The predicted molar refractivity (Wildman–Crippen MR) is 178 cm³/mol. The van der Waals surface area contributed by atoms with Crippen molar-refractivity contribution in [3.05, 3.63) is 152 Å². The number of aryl methyl sites for hydroxylation is 2. The molecule has 0 nitrogen and oxygen atoms in total. The van der Waals surface area contributed by atoms with E-state index in [1.54, 1.807) is 44.8 Å². The minimum Gasteiger partial charge on any atom is -1.00 e. The molecule has 6 rings (SSSR count). The van der Waals surface area contributed by atoms with Crippen molar-refractivity contribution in [1.29, 1.82) is 0 Å². The van der Waals surface area contributed by atoms with Crippen molar-refractivity contribution in [1.82, 2.24) is 0 Å². The summed E-state index contributed by atoms with van der Waals surface area (Å²) in [4.78, 5) is 0. The third-order valence-electron chi connectivity index (χ3n) is 9.78. The molecule has 0 bridgehead atoms. The normalized spacial score (nSPS) is 18.4. The summed E-state index contributed by atoms with van der Waals surface area (Å²) in [6.07, 6.45) is 12.5. The number of fused-ring (bicyclic) bond motifs is 2. The third kappa shape index (κ3) is 5.75. The maximum absolute atomic E-state index is 2.57. The smallest absolute Gasteiger partial charge is 1.00 e. The van der Waals surface area contributed by atoms with Crippen LogP contribution in [-0.2, 0) is 29.2 Å². The van der Waals surface area contributed by atoms with Crippen molar-refractivity contribution in [2.24, 2.45) is 5.41 Å². The minimum absolute atomic E-state index is 0. The fourth-order valence-corrected chi connectivity index (χ4v) is 11.7. The summed E-state index contributed by atoms with van der Waals surface area (Å²) in [6, 6.07) is 27.5. The van der Waals surface area contributed by atoms with Gasteiger partial charge in [0.2, 0.25) is 0 Å². The average Bonchev–Trinajstić information content (AvgIpc) is 3.66. The van der Waals surface area contributed by atoms with Gasteiger partial charge >= 0.3 is 265 Å². The summed E-state index contributed by atoms with van der Waals surface area (Å²) in [5, 5.41) is 3.10. The zero-order chi connectivity index (χ0) is 29.4. The second kappa shape index (κ2) is 14.4. The standard InChI is InChI=1S/C28H33.C13H10.2ClH.Zr/c1-7-19-15-18(5)16-21-17-23-26(25(19)21)22(8-2)24(9-3)28(6,10-4)27(23)20-13-11-12-14-20;1-3-7-12(8-4-1)11-13-9-5-2-6-10-13;;;/h11-13,15-16H,7-10,14H2,1-6H3;1-10H;2*1H;/q;;;;+2/p-2. The van der Waals surface area contributed by atoms with Crippen LogP contribution in [0.2, 0.25) is 0 Å². The van der Waals surface area contributed by atoms with Crippen molar-refractivity contribution >= 4 is 12.1 Å². The summed E-state index contributed by atoms with van der Waals surface area (Å²) < 4.78 is 3.27. The van der Waals surface area contributed by atoms with Crippen molar-refractivity contribution in [3.63, 3.8) is 0 Å². The Bertz CT molecular complexity index is 1790. The SMILES string of the molecule is CCC1=C(CC)C(C)(CC)C(C2=CC=CC2)=C2[C]([Zr+2]=[C](c3ccccc3)c3ccccc3)=c3cc(C)cc(CC)c3=C12.[Cl-].[Cl-]. The zero-order valence-corrected chi connectivity index (χ0v) is 30.9. The molecule has 3 aromatic carbocycles. The molecule has 3 aliphatic carbocycles. The Morgan fingerprint density at radius 1 is 0.795 bits per heavy atom. The molecule has 0 spiro atoms. The molecule has 0 saturated heterocycles. The van der Waals surface area contributed by atoms with E-state index in [0.29, 0.717) is 0 Å². The molecule has 3 aliphatic rings. The Morgan fingerprint density at radius 3 is 1.93 bits per heavy atom. The molecule has 0 fully saturated rings. The van der Waals surface area contributed by atoms with Crippen LogP contribution in [0.4, 0.5) is 0 Å². The van der Waals surface area contributed by atoms with Gasteiger partial charge in [0.25, 0.3) is 0 Å². The molecule has 3 aromatic rings. The molecule has 0 saturated carbocycles. The van der Waals surface area contributed by atoms with Gasteiger partial charge in [-0.25, -0.2) is 0 Å². The second-order valence-electron chi connectivity index (χ2n) is 12.1. The van der Waals surface area contributed by atoms with E-state index in [-0.39, 0.29) is 30.2 Å². The number of allylic oxidation sites excluding steroid dienone is 8. The molecule has 0 amide bonds. The van der Waals surface area contributed by atoms with Crippen LogP contribution in [0.1, 0.15) is 82.6 Å². The molecule has 225 valence electrons. The van der Waals surface area contributed by atoms with Crippen molar-refractivity contribution in [2.45, 2.75) is 73.6 Å². The molecule has 44 heavy (non-hydrogen) atoms. The van der Waals surface area contributed by atoms with E-state index in [4.69, 9.17) is 0 Å². The van der Waals surface area contributed by atoms with Gasteiger partial charge in [0.05, 0.1) is 0 Å². The monoisotopic (exact) mass is 695 g/mol. The van der Waals surface area contributed by atoms with Gasteiger partial charge in [-0.15, -0.1) is 0 Å². The first-order valence-electron chi connectivity index (χ1n) is 15.9. The molecule has 1 atom stereocenters. The average molecular weight is 698 g/mol. The Kier molecular flexibility index (Phi) is 11.3. The van der Waals surface area contributed by atoms with Crippen LogP contribution in [0.5, 0.6) is 0 Å². The van der Waals surface area contributed by atoms with Gasteiger partial charge in [-0.2, -0.15) is 0 Å². The van der Waals surface area contributed by atoms with E-state index in [1.807, 2.05) is 0 Å². The van der Waals surface area contributed by atoms with Crippen LogP contribution >= 0.6 is 0 Å². The minimum atomic E-state index is -1.30. The van der Waals surface area contributed by atoms with E-state index >= 15 is 0 Å². The zero-order valence-electron chi connectivity index (χ0n) is 27.0. The Hall–Kier alpha value is -2.31. The van der Waals surface area contributed by atoms with E-state index in [0.717, 1.165) is 32.1 Å². The molecule has 0 N–H and O–H groups in total. The third-order valence-corrected chi connectivity index (χ3v) is 13.7. The van der Waals surface area contributed by atoms with Gasteiger partial charge in [-0.3, -0.25) is 0 Å². The van der Waals surface area contributed by atoms with Crippen LogP contribution in [0.25, 0.3) is 8.85 Å². The van der Waals surface area contributed by atoms with E-state index in [2.05, 4.69) is 133 Å². The number of hydrogen-bond acceptors (Lipinski definition) is 0. The summed E-state index contributed by atoms with van der Waals surface area (Å²) in [6.45, 7) is 14.4. The van der Waals surface area contributed by atoms with Gasteiger partial charge in [-0.1, -0.05) is 0 Å². The summed E-state index contributed by atoms with van der Waals surface area (Å²) >= 11 is -1.30. The molecule has 0 aliphatic heterocycles. The fraction of sp³-hybridized carbons (Fsp3) is 0.293. The van der Waals surface area contributed by atoms with Gasteiger partial charge in [0, 0.05) is 0 Å². The maximum atomic E-state index is 2.57. The van der Waals surface area contributed by atoms with E-state index in [9.17, 15) is 0 Å². The first-order valence-corrected chi connectivity index (χ1v) is 18.4. The van der Waals surface area contributed by atoms with Crippen molar-refractivity contribution in [3.8, 4) is 0 Å². The second-order valence-corrected chi connectivity index (χ2v) is 15.2. The number of hydrogen-bond donors (Lipinski definition) is 0. The molecule has 0 heterocycles. The van der Waals surface area contributed by atoms with Gasteiger partial charge < -0.3 is 24.8 Å². The fourth-order valence-electron chi connectivity index (χ4n) is 7.79. The van der Waals surface area contributed by atoms with Gasteiger partial charge in [0.1, 0.15) is 0 Å². The quantitative estimate of drug-likeness (QED) is 0.340. The largest absolute Gasteiger partial charge is 1.00 e. The molecule has 0 radical (unpaired) electrons. The van der Waals surface area contributed by atoms with Crippen LogP contribution in [0.15, 0.2) is 119 Å². The summed E-state index contributed by atoms with van der Waals surface area (Å²) in [7, 11) is 0. The Labute approximate surface area is 288 Å². The van der Waals surface area contributed by atoms with Crippen molar-refractivity contribution in [2.75, 3.05) is 0 Å². The summed E-state index contributed by atoms with van der Waals surface area (Å²) in [5.74, 6) is 0. The Morgan fingerprint density at radius 2 is 1.43 bits per heavy atom. The van der Waals surface area contributed by atoms with E-state index < -0.39 is 22.8 Å². The number of benzene rings is 3. The van der Waals surface area contributed by atoms with Crippen LogP contribution in [0, 0.1) is 12.3 Å². The molecule has 0 aromatic heterocycles. The number of rotatable bonds is 8. The maximum Gasteiger partial charge on any atom is -1.00 e. The first-order chi connectivity index (χ1) is 20.5. The topological polar surface area (TPSA) is 0 Å². The van der Waals surface area contributed by atoms with Gasteiger partial charge in [-0.05, 0) is 0 Å². The van der Waals surface area contributed by atoms with Crippen LogP contribution < -0.4 is 35.3 Å². The predicted octanol–water partition coefficient (Wildman–Crippen LogP) is 2.92. The van der Waals surface area contributed by atoms with Crippen LogP contribution in [-0.4, -0.2) is 3.21 Å². The first kappa shape index (κ1) is 34.6. The number of halogens is 2. The molecular formula is C41H43Cl2Zr. The van der Waals surface area contributed by atoms with Gasteiger partial charge in [0.15, 0.2) is 0 Å². The van der Waals surface area contributed by atoms with Crippen molar-refractivity contribution < 1.29 is 47.6 Å². The van der Waals surface area contributed by atoms with Crippen LogP contribution in [0.3, 0.4) is 0 Å². The molecule has 3 heteroatoms. The molecule has 1 unspecified atom stereocenters. The van der Waals surface area contributed by atoms with E-state index in [1.165, 1.54) is 27.8 Å². The molecular weight excluding hydrogens is 655 g/mol.